The van der Waals surface area contributed by atoms with Crippen molar-refractivity contribution in [2.24, 2.45) is 17.1 Å². The number of aliphatic hydroxyl groups excluding tert-OH is 1. The molecule has 1 unspecified atom stereocenters. The Morgan fingerprint density at radius 1 is 1.28 bits per heavy atom. The number of aliphatic hydroxyl groups is 1. The van der Waals surface area contributed by atoms with Crippen LogP contribution in [-0.2, 0) is 19.1 Å². The molecule has 9 heteroatoms. The second kappa shape index (κ2) is 13.6. The van der Waals surface area contributed by atoms with Gasteiger partial charge in [-0.1, -0.05) is 46.2 Å². The summed E-state index contributed by atoms with van der Waals surface area (Å²) in [5.41, 5.74) is 6.27. The van der Waals surface area contributed by atoms with Gasteiger partial charge in [-0.3, -0.25) is 14.5 Å². The van der Waals surface area contributed by atoms with Crippen LogP contribution in [0.2, 0.25) is 0 Å². The number of rotatable bonds is 13. The first-order chi connectivity index (χ1) is 17.0. The molecule has 0 bridgehead atoms. The summed E-state index contributed by atoms with van der Waals surface area (Å²) in [6, 6.07) is 5.60. The van der Waals surface area contributed by atoms with Crippen LogP contribution in [0.5, 0.6) is 5.75 Å². The van der Waals surface area contributed by atoms with Crippen LogP contribution >= 0.6 is 0 Å². The van der Waals surface area contributed by atoms with Gasteiger partial charge in [-0.05, 0) is 43.7 Å². The Kier molecular flexibility index (Phi) is 11.2. The zero-order valence-electron chi connectivity index (χ0n) is 22.3. The summed E-state index contributed by atoms with van der Waals surface area (Å²) in [5.74, 6) is -0.707. The van der Waals surface area contributed by atoms with Gasteiger partial charge in [0.25, 0.3) is 0 Å². The molecule has 4 atom stereocenters. The fourth-order valence-electron chi connectivity index (χ4n) is 4.46. The predicted molar refractivity (Wildman–Crippen MR) is 139 cm³/mol. The van der Waals surface area contributed by atoms with Gasteiger partial charge in [-0.25, -0.2) is 4.79 Å². The van der Waals surface area contributed by atoms with E-state index in [0.29, 0.717) is 24.4 Å². The molecule has 1 aliphatic rings. The van der Waals surface area contributed by atoms with E-state index in [9.17, 15) is 19.5 Å². The molecule has 1 aliphatic heterocycles. The van der Waals surface area contributed by atoms with E-state index >= 15 is 0 Å². The van der Waals surface area contributed by atoms with Crippen molar-refractivity contribution in [1.82, 2.24) is 5.32 Å². The third-order valence-corrected chi connectivity index (χ3v) is 6.45. The first-order valence-corrected chi connectivity index (χ1v) is 12.9. The van der Waals surface area contributed by atoms with Gasteiger partial charge in [-0.15, -0.1) is 0 Å². The van der Waals surface area contributed by atoms with Crippen LogP contribution < -0.4 is 20.7 Å². The number of amides is 2. The van der Waals surface area contributed by atoms with E-state index in [-0.39, 0.29) is 43.8 Å². The van der Waals surface area contributed by atoms with Crippen LogP contribution in [0.15, 0.2) is 24.3 Å². The van der Waals surface area contributed by atoms with Crippen molar-refractivity contribution in [1.29, 1.82) is 0 Å². The van der Waals surface area contributed by atoms with Gasteiger partial charge >= 0.3 is 5.97 Å². The van der Waals surface area contributed by atoms with Gasteiger partial charge < -0.3 is 25.6 Å². The number of fused-ring (bicyclic) bond motifs is 1. The lowest BCUT2D eigenvalue weighted by molar-refractivity contribution is -0.147. The number of ether oxygens (including phenoxy) is 2. The van der Waals surface area contributed by atoms with Crippen LogP contribution in [-0.4, -0.2) is 60.8 Å². The Morgan fingerprint density at radius 2 is 1.97 bits per heavy atom. The van der Waals surface area contributed by atoms with Gasteiger partial charge in [0.05, 0.1) is 18.4 Å². The maximum absolute atomic E-state index is 13.5. The van der Waals surface area contributed by atoms with Crippen LogP contribution in [0.4, 0.5) is 5.69 Å². The number of hydrogen-bond donors (Lipinski definition) is 3. The van der Waals surface area contributed by atoms with Crippen LogP contribution in [0.3, 0.4) is 0 Å². The van der Waals surface area contributed by atoms with Gasteiger partial charge in [-0.2, -0.15) is 0 Å². The highest BCUT2D eigenvalue weighted by Gasteiger charge is 2.40. The maximum Gasteiger partial charge on any atom is 0.332 e. The second-order valence-corrected chi connectivity index (χ2v) is 10.4. The normalized spacial score (nSPS) is 17.9. The number of para-hydroxylation sites is 2. The summed E-state index contributed by atoms with van der Waals surface area (Å²) in [4.78, 5) is 39.9. The van der Waals surface area contributed by atoms with Crippen molar-refractivity contribution >= 4 is 23.5 Å². The number of carbonyl (C=O) groups excluding carboxylic acids is 3. The molecule has 4 N–H and O–H groups in total. The molecule has 0 spiro atoms. The summed E-state index contributed by atoms with van der Waals surface area (Å²) < 4.78 is 10.9. The molecule has 9 nitrogen and oxygen atoms in total. The minimum Gasteiger partial charge on any atom is -0.489 e. The van der Waals surface area contributed by atoms with E-state index in [2.05, 4.69) is 12.2 Å². The number of nitrogens with zero attached hydrogens (tertiary/aromatic N) is 1. The molecule has 1 heterocycles. The van der Waals surface area contributed by atoms with Gasteiger partial charge in [0.1, 0.15) is 12.4 Å². The SMILES string of the molecule is CCCCNC(=O)[C@H](C)C[C@H](O)[C@@H](N)CC(C)(C)CC(=O)N1c2ccccc2OCC1C(=O)OCC. The maximum atomic E-state index is 13.5. The Bertz CT molecular complexity index is 890. The molecular weight excluding hydrogens is 462 g/mol. The number of carbonyl (C=O) groups is 3. The molecule has 2 amide bonds. The molecule has 0 aliphatic carbocycles. The number of nitrogens with two attached hydrogens (primary N) is 1. The Labute approximate surface area is 214 Å². The van der Waals surface area contributed by atoms with Crippen molar-refractivity contribution < 1.29 is 29.0 Å². The average Bonchev–Trinajstić information content (AvgIpc) is 2.82. The lowest BCUT2D eigenvalue weighted by Gasteiger charge is -2.38. The number of hydrogen-bond acceptors (Lipinski definition) is 7. The number of anilines is 1. The Morgan fingerprint density at radius 3 is 2.64 bits per heavy atom. The van der Waals surface area contributed by atoms with E-state index in [4.69, 9.17) is 15.2 Å². The van der Waals surface area contributed by atoms with Crippen molar-refractivity contribution in [3.63, 3.8) is 0 Å². The fraction of sp³-hybridized carbons (Fsp3) is 0.667. The van der Waals surface area contributed by atoms with Crippen LogP contribution in [0.1, 0.15) is 66.7 Å². The smallest absolute Gasteiger partial charge is 0.332 e. The highest BCUT2D eigenvalue weighted by Crippen LogP contribution is 2.37. The Hall–Kier alpha value is -2.65. The van der Waals surface area contributed by atoms with E-state index in [1.54, 1.807) is 32.0 Å². The lowest BCUT2D eigenvalue weighted by atomic mass is 9.79. The van der Waals surface area contributed by atoms with E-state index in [0.717, 1.165) is 12.8 Å². The first kappa shape index (κ1) is 29.6. The highest BCUT2D eigenvalue weighted by atomic mass is 16.5. The predicted octanol–water partition coefficient (Wildman–Crippen LogP) is 2.78. The standard InChI is InChI=1S/C27H43N3O6/c1-6-8-13-29-25(33)18(3)14-22(31)19(28)15-27(4,5)16-24(32)30-20-11-9-10-12-23(20)36-17-21(30)26(34)35-7-2/h9-12,18-19,21-22,31H,6-8,13-17,28H2,1-5H3,(H,29,33)/t18-,19+,21?,22+/m1/s1. The molecule has 202 valence electrons. The topological polar surface area (TPSA) is 131 Å². The fourth-order valence-corrected chi connectivity index (χ4v) is 4.46. The van der Waals surface area contributed by atoms with E-state index < -0.39 is 29.6 Å². The van der Waals surface area contributed by atoms with Gasteiger partial charge in [0, 0.05) is 24.9 Å². The lowest BCUT2D eigenvalue weighted by Crippen LogP contribution is -2.53. The third kappa shape index (κ3) is 8.20. The van der Waals surface area contributed by atoms with Crippen molar-refractivity contribution in [3.8, 4) is 5.75 Å². The Balaban J connectivity index is 2.05. The molecule has 1 aromatic carbocycles. The quantitative estimate of drug-likeness (QED) is 0.277. The molecule has 36 heavy (non-hydrogen) atoms. The molecule has 0 radical (unpaired) electrons. The number of nitrogens with one attached hydrogen (secondary N) is 1. The van der Waals surface area contributed by atoms with Crippen LogP contribution in [0, 0.1) is 11.3 Å². The summed E-state index contributed by atoms with van der Waals surface area (Å²) in [7, 11) is 0. The molecule has 0 fully saturated rings. The summed E-state index contributed by atoms with van der Waals surface area (Å²) in [5, 5.41) is 13.6. The third-order valence-electron chi connectivity index (χ3n) is 6.45. The minimum absolute atomic E-state index is 0.0124. The zero-order chi connectivity index (χ0) is 26.9. The highest BCUT2D eigenvalue weighted by molar-refractivity contribution is 6.01. The number of esters is 1. The van der Waals surface area contributed by atoms with Crippen molar-refractivity contribution in [2.75, 3.05) is 24.7 Å². The second-order valence-electron chi connectivity index (χ2n) is 10.4. The largest absolute Gasteiger partial charge is 0.489 e. The molecule has 2 rings (SSSR count). The zero-order valence-corrected chi connectivity index (χ0v) is 22.3. The summed E-state index contributed by atoms with van der Waals surface area (Å²) >= 11 is 0. The van der Waals surface area contributed by atoms with Crippen molar-refractivity contribution in [2.45, 2.75) is 84.9 Å². The number of benzene rings is 1. The monoisotopic (exact) mass is 505 g/mol. The molecule has 0 aromatic heterocycles. The van der Waals surface area contributed by atoms with E-state index in [1.807, 2.05) is 19.9 Å². The summed E-state index contributed by atoms with van der Waals surface area (Å²) in [6.45, 7) is 10.2. The molecule has 0 saturated heterocycles. The average molecular weight is 506 g/mol. The van der Waals surface area contributed by atoms with Crippen LogP contribution in [0.25, 0.3) is 0 Å². The molecule has 0 saturated carbocycles. The van der Waals surface area contributed by atoms with Crippen molar-refractivity contribution in [3.05, 3.63) is 24.3 Å². The van der Waals surface area contributed by atoms with E-state index in [1.165, 1.54) is 4.90 Å². The molecular formula is C27H43N3O6. The number of unbranched alkanes of at least 4 members (excludes halogenated alkanes) is 1. The minimum atomic E-state index is -0.886. The first-order valence-electron chi connectivity index (χ1n) is 12.9. The molecule has 1 aromatic rings. The van der Waals surface area contributed by atoms with Gasteiger partial charge in [0.2, 0.25) is 11.8 Å². The van der Waals surface area contributed by atoms with Gasteiger partial charge in [0.15, 0.2) is 6.04 Å². The summed E-state index contributed by atoms with van der Waals surface area (Å²) in [6.07, 6.45) is 1.72.